The number of amides is 1. The molecule has 1 aliphatic carbocycles. The standard InChI is InChI=1S/C18H25N3O2/c1-4-17(22)20-13-5-7-14(8-6-13)23-16-9-11(2)18-15(12(16)3)10-19-21-18/h9-10,13-14H,4-8H2,1-3H3,(H,19,21)(H,20,22)/t13-,14-. The van der Waals surface area contributed by atoms with Gasteiger partial charge in [0.1, 0.15) is 5.75 Å². The van der Waals surface area contributed by atoms with Gasteiger partial charge in [-0.05, 0) is 51.2 Å². The van der Waals surface area contributed by atoms with Crippen LogP contribution in [0.1, 0.15) is 50.2 Å². The van der Waals surface area contributed by atoms with Crippen molar-refractivity contribution in [2.75, 3.05) is 0 Å². The lowest BCUT2D eigenvalue weighted by Crippen LogP contribution is -2.39. The summed E-state index contributed by atoms with van der Waals surface area (Å²) < 4.78 is 6.27. The molecule has 0 aliphatic heterocycles. The van der Waals surface area contributed by atoms with E-state index in [9.17, 15) is 4.79 Å². The molecule has 0 spiro atoms. The SMILES string of the molecule is CCC(=O)N[C@H]1CC[C@H](Oc2cc(C)c3[nH]ncc3c2C)CC1. The van der Waals surface area contributed by atoms with Gasteiger partial charge >= 0.3 is 0 Å². The molecule has 0 radical (unpaired) electrons. The van der Waals surface area contributed by atoms with Crippen molar-refractivity contribution in [3.05, 3.63) is 23.4 Å². The first kappa shape index (κ1) is 15.8. The number of hydrogen-bond acceptors (Lipinski definition) is 3. The molecule has 0 saturated heterocycles. The summed E-state index contributed by atoms with van der Waals surface area (Å²) in [5.74, 6) is 1.10. The Bertz CT molecular complexity index is 700. The van der Waals surface area contributed by atoms with Gasteiger partial charge in [0.15, 0.2) is 0 Å². The van der Waals surface area contributed by atoms with Crippen molar-refractivity contribution in [3.8, 4) is 5.75 Å². The molecule has 1 aromatic carbocycles. The summed E-state index contributed by atoms with van der Waals surface area (Å²) in [5, 5.41) is 11.4. The summed E-state index contributed by atoms with van der Waals surface area (Å²) in [7, 11) is 0. The molecule has 1 aliphatic rings. The number of benzene rings is 1. The third kappa shape index (κ3) is 3.33. The Balaban J connectivity index is 1.65. The van der Waals surface area contributed by atoms with E-state index in [4.69, 9.17) is 4.74 Å². The molecule has 0 unspecified atom stereocenters. The van der Waals surface area contributed by atoms with Gasteiger partial charge in [-0.1, -0.05) is 6.92 Å². The molecule has 1 amide bonds. The highest BCUT2D eigenvalue weighted by Crippen LogP contribution is 2.32. The van der Waals surface area contributed by atoms with Crippen LogP contribution in [0.2, 0.25) is 0 Å². The number of hydrogen-bond donors (Lipinski definition) is 2. The van der Waals surface area contributed by atoms with Gasteiger partial charge in [0.2, 0.25) is 5.91 Å². The number of H-pyrrole nitrogens is 1. The highest BCUT2D eigenvalue weighted by Gasteiger charge is 2.24. The summed E-state index contributed by atoms with van der Waals surface area (Å²) in [6.45, 7) is 6.05. The maximum Gasteiger partial charge on any atom is 0.219 e. The first-order valence-electron chi connectivity index (χ1n) is 8.47. The predicted molar refractivity (Wildman–Crippen MR) is 90.7 cm³/mol. The Labute approximate surface area is 136 Å². The van der Waals surface area contributed by atoms with Crippen LogP contribution in [-0.2, 0) is 4.79 Å². The first-order chi connectivity index (χ1) is 11.1. The van der Waals surface area contributed by atoms with Crippen LogP contribution in [0.25, 0.3) is 10.9 Å². The van der Waals surface area contributed by atoms with Gasteiger partial charge < -0.3 is 10.1 Å². The minimum Gasteiger partial charge on any atom is -0.490 e. The third-order valence-electron chi connectivity index (χ3n) is 4.81. The molecule has 1 aromatic heterocycles. The second kappa shape index (κ2) is 6.60. The quantitative estimate of drug-likeness (QED) is 0.908. The number of fused-ring (bicyclic) bond motifs is 1. The van der Waals surface area contributed by atoms with Crippen LogP contribution in [-0.4, -0.2) is 28.3 Å². The molecule has 1 saturated carbocycles. The minimum atomic E-state index is 0.145. The van der Waals surface area contributed by atoms with Crippen LogP contribution in [0.15, 0.2) is 12.3 Å². The van der Waals surface area contributed by atoms with Crippen molar-refractivity contribution in [1.29, 1.82) is 0 Å². The van der Waals surface area contributed by atoms with E-state index in [0.29, 0.717) is 12.5 Å². The Kier molecular flexibility index (Phi) is 4.55. The van der Waals surface area contributed by atoms with Gasteiger partial charge in [-0.15, -0.1) is 0 Å². The molecule has 124 valence electrons. The number of rotatable bonds is 4. The van der Waals surface area contributed by atoms with Gasteiger partial charge in [0.25, 0.3) is 0 Å². The van der Waals surface area contributed by atoms with Crippen molar-refractivity contribution >= 4 is 16.8 Å². The van der Waals surface area contributed by atoms with Crippen molar-refractivity contribution in [2.24, 2.45) is 0 Å². The van der Waals surface area contributed by atoms with E-state index in [1.165, 1.54) is 0 Å². The van der Waals surface area contributed by atoms with Gasteiger partial charge in [-0.2, -0.15) is 5.10 Å². The lowest BCUT2D eigenvalue weighted by atomic mass is 9.92. The van der Waals surface area contributed by atoms with E-state index in [2.05, 4.69) is 35.4 Å². The van der Waals surface area contributed by atoms with Crippen LogP contribution in [0.5, 0.6) is 5.75 Å². The smallest absolute Gasteiger partial charge is 0.219 e. The van der Waals surface area contributed by atoms with Gasteiger partial charge in [0, 0.05) is 23.4 Å². The average molecular weight is 315 g/mol. The molecular formula is C18H25N3O2. The van der Waals surface area contributed by atoms with Crippen LogP contribution in [0, 0.1) is 13.8 Å². The summed E-state index contributed by atoms with van der Waals surface area (Å²) >= 11 is 0. The fourth-order valence-electron chi connectivity index (χ4n) is 3.34. The molecule has 1 fully saturated rings. The highest BCUT2D eigenvalue weighted by atomic mass is 16.5. The number of aromatic amines is 1. The molecule has 1 heterocycles. The van der Waals surface area contributed by atoms with Gasteiger partial charge in [-0.25, -0.2) is 0 Å². The fraction of sp³-hybridized carbons (Fsp3) is 0.556. The molecule has 5 nitrogen and oxygen atoms in total. The molecule has 0 bridgehead atoms. The molecule has 0 atom stereocenters. The summed E-state index contributed by atoms with van der Waals surface area (Å²) in [6, 6.07) is 2.40. The van der Waals surface area contributed by atoms with Gasteiger partial charge in [-0.3, -0.25) is 9.89 Å². The summed E-state index contributed by atoms with van der Waals surface area (Å²) in [5.41, 5.74) is 3.38. The monoisotopic (exact) mass is 315 g/mol. The van der Waals surface area contributed by atoms with Crippen molar-refractivity contribution < 1.29 is 9.53 Å². The van der Waals surface area contributed by atoms with E-state index >= 15 is 0 Å². The molecule has 3 rings (SSSR count). The Morgan fingerprint density at radius 1 is 1.35 bits per heavy atom. The summed E-state index contributed by atoms with van der Waals surface area (Å²) in [6.07, 6.45) is 6.59. The molecular weight excluding hydrogens is 290 g/mol. The molecule has 23 heavy (non-hydrogen) atoms. The van der Waals surface area contributed by atoms with Crippen molar-refractivity contribution in [3.63, 3.8) is 0 Å². The lowest BCUT2D eigenvalue weighted by Gasteiger charge is -2.30. The number of nitrogens with one attached hydrogen (secondary N) is 2. The molecule has 2 N–H and O–H groups in total. The molecule has 2 aromatic rings. The van der Waals surface area contributed by atoms with Gasteiger partial charge in [0.05, 0.1) is 17.8 Å². The zero-order valence-electron chi connectivity index (χ0n) is 14.1. The maximum absolute atomic E-state index is 11.5. The topological polar surface area (TPSA) is 67.0 Å². The highest BCUT2D eigenvalue weighted by molar-refractivity contribution is 5.86. The van der Waals surface area contributed by atoms with E-state index < -0.39 is 0 Å². The van der Waals surface area contributed by atoms with Crippen LogP contribution in [0.4, 0.5) is 0 Å². The lowest BCUT2D eigenvalue weighted by molar-refractivity contribution is -0.121. The maximum atomic E-state index is 11.5. The van der Waals surface area contributed by atoms with Crippen LogP contribution >= 0.6 is 0 Å². The van der Waals surface area contributed by atoms with Crippen LogP contribution in [0.3, 0.4) is 0 Å². The Morgan fingerprint density at radius 2 is 2.09 bits per heavy atom. The van der Waals surface area contributed by atoms with E-state index in [1.807, 2.05) is 13.1 Å². The third-order valence-corrected chi connectivity index (χ3v) is 4.81. The first-order valence-corrected chi connectivity index (χ1v) is 8.47. The van der Waals surface area contributed by atoms with E-state index in [-0.39, 0.29) is 12.0 Å². The number of aromatic nitrogens is 2. The van der Waals surface area contributed by atoms with Crippen molar-refractivity contribution in [2.45, 2.75) is 65.0 Å². The number of carbonyl (C=O) groups excluding carboxylic acids is 1. The molecule has 5 heteroatoms. The zero-order valence-corrected chi connectivity index (χ0v) is 14.1. The Morgan fingerprint density at radius 3 is 2.78 bits per heavy atom. The van der Waals surface area contributed by atoms with Crippen molar-refractivity contribution in [1.82, 2.24) is 15.5 Å². The van der Waals surface area contributed by atoms with E-state index in [1.54, 1.807) is 0 Å². The summed E-state index contributed by atoms with van der Waals surface area (Å²) in [4.78, 5) is 11.5. The minimum absolute atomic E-state index is 0.145. The second-order valence-corrected chi connectivity index (χ2v) is 6.49. The number of ether oxygens (including phenoxy) is 1. The number of carbonyl (C=O) groups is 1. The van der Waals surface area contributed by atoms with Crippen LogP contribution < -0.4 is 10.1 Å². The second-order valence-electron chi connectivity index (χ2n) is 6.49. The largest absolute Gasteiger partial charge is 0.490 e. The average Bonchev–Trinajstić information content (AvgIpc) is 3.04. The van der Waals surface area contributed by atoms with E-state index in [0.717, 1.165) is 53.5 Å². The number of nitrogens with zero attached hydrogens (tertiary/aromatic N) is 1. The fourth-order valence-corrected chi connectivity index (χ4v) is 3.34. The predicted octanol–water partition coefficient (Wildman–Crippen LogP) is 3.40. The zero-order chi connectivity index (χ0) is 16.4. The number of aryl methyl sites for hydroxylation is 2. The normalized spacial score (nSPS) is 21.3. The Hall–Kier alpha value is -2.04.